The first-order valence-corrected chi connectivity index (χ1v) is 7.72. The Morgan fingerprint density at radius 3 is 2.48 bits per heavy atom. The van der Waals surface area contributed by atoms with Gasteiger partial charge in [0.1, 0.15) is 6.54 Å². The molecule has 0 fully saturated rings. The van der Waals surface area contributed by atoms with Crippen molar-refractivity contribution in [1.82, 2.24) is 5.32 Å². The second-order valence-electron chi connectivity index (χ2n) is 5.14. The average molecular weight is 290 g/mol. The maximum atomic E-state index is 12.0. The number of aryl methyl sites for hydroxylation is 1. The van der Waals surface area contributed by atoms with Crippen LogP contribution in [0.15, 0.2) is 24.3 Å². The average Bonchev–Trinajstić information content (AvgIpc) is 2.49. The van der Waals surface area contributed by atoms with Crippen LogP contribution in [-0.2, 0) is 16.0 Å². The fourth-order valence-corrected chi connectivity index (χ4v) is 2.24. The molecule has 1 rings (SSSR count). The molecule has 4 heteroatoms. The molecule has 4 nitrogen and oxygen atoms in total. The first kappa shape index (κ1) is 17.2. The van der Waals surface area contributed by atoms with Gasteiger partial charge in [0, 0.05) is 19.2 Å². The van der Waals surface area contributed by atoms with Gasteiger partial charge in [-0.2, -0.15) is 0 Å². The number of nitrogens with one attached hydrogen (secondary N) is 1. The molecule has 0 aliphatic carbocycles. The third-order valence-electron chi connectivity index (χ3n) is 3.45. The zero-order valence-corrected chi connectivity index (χ0v) is 13.3. The zero-order valence-electron chi connectivity index (χ0n) is 13.3. The zero-order chi connectivity index (χ0) is 15.7. The van der Waals surface area contributed by atoms with Gasteiger partial charge in [-0.3, -0.25) is 9.59 Å². The van der Waals surface area contributed by atoms with Crippen molar-refractivity contribution in [3.05, 3.63) is 29.8 Å². The van der Waals surface area contributed by atoms with Crippen LogP contribution in [0.4, 0.5) is 5.69 Å². The molecule has 0 radical (unpaired) electrons. The Kier molecular flexibility index (Phi) is 7.51. The Morgan fingerprint density at radius 2 is 1.86 bits per heavy atom. The van der Waals surface area contributed by atoms with Crippen molar-refractivity contribution in [3.8, 4) is 0 Å². The van der Waals surface area contributed by atoms with E-state index in [1.807, 2.05) is 31.2 Å². The molecule has 0 bridgehead atoms. The third kappa shape index (κ3) is 5.58. The smallest absolute Gasteiger partial charge is 0.240 e. The van der Waals surface area contributed by atoms with Crippen molar-refractivity contribution in [2.24, 2.45) is 0 Å². The molecule has 0 saturated carbocycles. The van der Waals surface area contributed by atoms with E-state index in [0.29, 0.717) is 6.54 Å². The Hall–Kier alpha value is -1.84. The van der Waals surface area contributed by atoms with Gasteiger partial charge in [-0.15, -0.1) is 0 Å². The summed E-state index contributed by atoms with van der Waals surface area (Å²) < 4.78 is 0. The molecule has 0 heterocycles. The van der Waals surface area contributed by atoms with E-state index in [4.69, 9.17) is 0 Å². The summed E-state index contributed by atoms with van der Waals surface area (Å²) in [7, 11) is 0. The highest BCUT2D eigenvalue weighted by molar-refractivity contribution is 5.98. The summed E-state index contributed by atoms with van der Waals surface area (Å²) in [6.45, 7) is 6.42. The normalized spacial score (nSPS) is 10.2. The number of carbonyl (C=O) groups excluding carboxylic acids is 2. The minimum absolute atomic E-state index is 0.0818. The number of nitrogens with zero attached hydrogens (tertiary/aromatic N) is 1. The van der Waals surface area contributed by atoms with E-state index in [9.17, 15) is 9.59 Å². The summed E-state index contributed by atoms with van der Waals surface area (Å²) in [6.07, 6.45) is 4.04. The molecule has 1 N–H and O–H groups in total. The lowest BCUT2D eigenvalue weighted by molar-refractivity contribution is -0.123. The standard InChI is InChI=1S/C17H26N2O2/c1-4-6-9-12-18-17(21)13-19(14(3)20)16-11-8-7-10-15(16)5-2/h7-8,10-11H,4-6,9,12-13H2,1-3H3,(H,18,21). The number of amides is 2. The number of para-hydroxylation sites is 1. The largest absolute Gasteiger partial charge is 0.355 e. The van der Waals surface area contributed by atoms with Gasteiger partial charge in [-0.1, -0.05) is 44.9 Å². The maximum Gasteiger partial charge on any atom is 0.240 e. The van der Waals surface area contributed by atoms with E-state index in [-0.39, 0.29) is 18.4 Å². The van der Waals surface area contributed by atoms with E-state index in [2.05, 4.69) is 12.2 Å². The van der Waals surface area contributed by atoms with E-state index in [1.165, 1.54) is 6.92 Å². The van der Waals surface area contributed by atoms with E-state index in [0.717, 1.165) is 36.9 Å². The molecule has 0 atom stereocenters. The number of hydrogen-bond donors (Lipinski definition) is 1. The Balaban J connectivity index is 2.70. The summed E-state index contributed by atoms with van der Waals surface area (Å²) in [5, 5.41) is 2.88. The summed E-state index contributed by atoms with van der Waals surface area (Å²) in [4.78, 5) is 25.4. The van der Waals surface area contributed by atoms with Gasteiger partial charge in [0.25, 0.3) is 0 Å². The monoisotopic (exact) mass is 290 g/mol. The number of rotatable bonds is 8. The van der Waals surface area contributed by atoms with Gasteiger partial charge in [-0.05, 0) is 24.5 Å². The van der Waals surface area contributed by atoms with Crippen molar-refractivity contribution >= 4 is 17.5 Å². The van der Waals surface area contributed by atoms with Crippen LogP contribution in [-0.4, -0.2) is 24.9 Å². The van der Waals surface area contributed by atoms with Crippen molar-refractivity contribution < 1.29 is 9.59 Å². The predicted molar refractivity (Wildman–Crippen MR) is 86.4 cm³/mol. The Labute approximate surface area is 127 Å². The lowest BCUT2D eigenvalue weighted by Gasteiger charge is -2.23. The molecule has 0 spiro atoms. The summed E-state index contributed by atoms with van der Waals surface area (Å²) in [5.41, 5.74) is 1.91. The molecule has 1 aromatic carbocycles. The number of unbranched alkanes of at least 4 members (excludes halogenated alkanes) is 2. The molecular formula is C17H26N2O2. The third-order valence-corrected chi connectivity index (χ3v) is 3.45. The molecule has 21 heavy (non-hydrogen) atoms. The Bertz CT molecular complexity index is 472. The molecule has 2 amide bonds. The lowest BCUT2D eigenvalue weighted by atomic mass is 10.1. The topological polar surface area (TPSA) is 49.4 Å². The molecule has 0 aliphatic rings. The van der Waals surface area contributed by atoms with Gasteiger partial charge in [0.05, 0.1) is 0 Å². The fraction of sp³-hybridized carbons (Fsp3) is 0.529. The lowest BCUT2D eigenvalue weighted by Crippen LogP contribution is -2.40. The van der Waals surface area contributed by atoms with Crippen LogP contribution in [0.25, 0.3) is 0 Å². The highest BCUT2D eigenvalue weighted by Crippen LogP contribution is 2.20. The van der Waals surface area contributed by atoms with Crippen molar-refractivity contribution in [3.63, 3.8) is 0 Å². The molecule has 0 aromatic heterocycles. The SMILES string of the molecule is CCCCCNC(=O)CN(C(C)=O)c1ccccc1CC. The number of hydrogen-bond acceptors (Lipinski definition) is 2. The number of carbonyl (C=O) groups is 2. The predicted octanol–water partition coefficient (Wildman–Crippen LogP) is 2.91. The van der Waals surface area contributed by atoms with Gasteiger partial charge in [-0.25, -0.2) is 0 Å². The van der Waals surface area contributed by atoms with Crippen LogP contribution in [0, 0.1) is 0 Å². The molecule has 0 saturated heterocycles. The number of benzene rings is 1. The molecule has 116 valence electrons. The summed E-state index contributed by atoms with van der Waals surface area (Å²) in [5.74, 6) is -0.216. The van der Waals surface area contributed by atoms with Gasteiger partial charge >= 0.3 is 0 Å². The van der Waals surface area contributed by atoms with Crippen molar-refractivity contribution in [2.45, 2.75) is 46.5 Å². The van der Waals surface area contributed by atoms with Gasteiger partial charge in [0.2, 0.25) is 11.8 Å². The van der Waals surface area contributed by atoms with Crippen molar-refractivity contribution in [2.75, 3.05) is 18.0 Å². The molecular weight excluding hydrogens is 264 g/mol. The number of anilines is 1. The maximum absolute atomic E-state index is 12.0. The summed E-state index contributed by atoms with van der Waals surface area (Å²) >= 11 is 0. The van der Waals surface area contributed by atoms with Crippen LogP contribution < -0.4 is 10.2 Å². The van der Waals surface area contributed by atoms with Crippen LogP contribution in [0.2, 0.25) is 0 Å². The fourth-order valence-electron chi connectivity index (χ4n) is 2.24. The van der Waals surface area contributed by atoms with Gasteiger partial charge in [0.15, 0.2) is 0 Å². The van der Waals surface area contributed by atoms with E-state index < -0.39 is 0 Å². The van der Waals surface area contributed by atoms with Crippen LogP contribution in [0.3, 0.4) is 0 Å². The Morgan fingerprint density at radius 1 is 1.14 bits per heavy atom. The van der Waals surface area contributed by atoms with Crippen molar-refractivity contribution in [1.29, 1.82) is 0 Å². The van der Waals surface area contributed by atoms with Gasteiger partial charge < -0.3 is 10.2 Å². The molecule has 0 aliphatic heterocycles. The summed E-state index contributed by atoms with van der Waals surface area (Å²) in [6, 6.07) is 7.73. The highest BCUT2D eigenvalue weighted by atomic mass is 16.2. The van der Waals surface area contributed by atoms with Crippen LogP contribution >= 0.6 is 0 Å². The minimum Gasteiger partial charge on any atom is -0.355 e. The highest BCUT2D eigenvalue weighted by Gasteiger charge is 2.17. The van der Waals surface area contributed by atoms with E-state index in [1.54, 1.807) is 4.90 Å². The minimum atomic E-state index is -0.111. The first-order valence-electron chi connectivity index (χ1n) is 7.72. The molecule has 1 aromatic rings. The van der Waals surface area contributed by atoms with Crippen LogP contribution in [0.1, 0.15) is 45.6 Å². The second-order valence-corrected chi connectivity index (χ2v) is 5.14. The second kappa shape index (κ2) is 9.16. The van der Waals surface area contributed by atoms with E-state index >= 15 is 0 Å². The quantitative estimate of drug-likeness (QED) is 0.748. The first-order chi connectivity index (χ1) is 10.1. The molecule has 0 unspecified atom stereocenters. The van der Waals surface area contributed by atoms with Crippen LogP contribution in [0.5, 0.6) is 0 Å².